The highest BCUT2D eigenvalue weighted by Crippen LogP contribution is 2.26. The van der Waals surface area contributed by atoms with Gasteiger partial charge in [-0.2, -0.15) is 13.2 Å². The van der Waals surface area contributed by atoms with Crippen LogP contribution in [0.25, 0.3) is 0 Å². The maximum atomic E-state index is 12.2. The van der Waals surface area contributed by atoms with Crippen molar-refractivity contribution in [3.8, 4) is 0 Å². The first-order valence-corrected chi connectivity index (χ1v) is 3.79. The van der Waals surface area contributed by atoms with Gasteiger partial charge in [-0.3, -0.25) is 0 Å². The first-order chi connectivity index (χ1) is 6.73. The van der Waals surface area contributed by atoms with E-state index in [4.69, 9.17) is 5.11 Å². The summed E-state index contributed by atoms with van der Waals surface area (Å²) in [5, 5.41) is 10.1. The van der Waals surface area contributed by atoms with Crippen molar-refractivity contribution in [2.45, 2.75) is 12.2 Å². The van der Waals surface area contributed by atoms with Gasteiger partial charge in [-0.25, -0.2) is 9.59 Å². The number of halogens is 3. The molecule has 0 bridgehead atoms. The van der Waals surface area contributed by atoms with Gasteiger partial charge in [-0.15, -0.1) is 0 Å². The lowest BCUT2D eigenvalue weighted by molar-refractivity contribution is -0.140. The Morgan fingerprint density at radius 3 is 2.53 bits per heavy atom. The number of likely N-dealkylation sites (N-methyl/N-ethyl adjacent to an activating group) is 1. The van der Waals surface area contributed by atoms with Gasteiger partial charge in [0.25, 0.3) is 0 Å². The van der Waals surface area contributed by atoms with E-state index in [0.717, 1.165) is 7.05 Å². The van der Waals surface area contributed by atoms with E-state index in [1.807, 2.05) is 0 Å². The van der Waals surface area contributed by atoms with Crippen LogP contribution in [-0.2, 0) is 4.79 Å². The smallest absolute Gasteiger partial charge is 0.431 e. The average molecular weight is 224 g/mol. The molecule has 1 rings (SSSR count). The van der Waals surface area contributed by atoms with Crippen LogP contribution < -0.4 is 5.32 Å². The van der Waals surface area contributed by atoms with Crippen LogP contribution in [0.5, 0.6) is 0 Å². The van der Waals surface area contributed by atoms with Crippen LogP contribution in [-0.4, -0.2) is 41.3 Å². The molecule has 8 heteroatoms. The number of nitrogens with zero attached hydrogens (tertiary/aromatic N) is 1. The molecule has 0 radical (unpaired) electrons. The number of carbonyl (C=O) groups is 2. The second kappa shape index (κ2) is 3.44. The third-order valence-electron chi connectivity index (χ3n) is 1.86. The SMILES string of the molecule is CN1C(=O)NC(C(F)(F)F)=CC1C(=O)O. The Balaban J connectivity index is 3.07. The topological polar surface area (TPSA) is 69.6 Å². The highest BCUT2D eigenvalue weighted by Gasteiger charge is 2.41. The minimum absolute atomic E-state index is 0.448. The van der Waals surface area contributed by atoms with Crippen molar-refractivity contribution in [3.05, 3.63) is 11.8 Å². The zero-order valence-electron chi connectivity index (χ0n) is 7.50. The largest absolute Gasteiger partial charge is 0.479 e. The molecule has 0 aliphatic carbocycles. The van der Waals surface area contributed by atoms with Crippen molar-refractivity contribution in [2.24, 2.45) is 0 Å². The van der Waals surface area contributed by atoms with Crippen LogP contribution in [0.15, 0.2) is 11.8 Å². The van der Waals surface area contributed by atoms with Crippen molar-refractivity contribution >= 4 is 12.0 Å². The van der Waals surface area contributed by atoms with E-state index >= 15 is 0 Å². The molecule has 0 aromatic carbocycles. The number of carboxylic acid groups (broad SMARTS) is 1. The van der Waals surface area contributed by atoms with E-state index in [0.29, 0.717) is 11.0 Å². The maximum absolute atomic E-state index is 12.2. The van der Waals surface area contributed by atoms with E-state index in [1.165, 1.54) is 0 Å². The van der Waals surface area contributed by atoms with Crippen molar-refractivity contribution in [1.29, 1.82) is 0 Å². The second-order valence-corrected chi connectivity index (χ2v) is 2.90. The lowest BCUT2D eigenvalue weighted by Crippen LogP contribution is -2.52. The quantitative estimate of drug-likeness (QED) is 0.683. The summed E-state index contributed by atoms with van der Waals surface area (Å²) < 4.78 is 36.6. The Labute approximate surface area is 82.2 Å². The molecule has 1 unspecified atom stereocenters. The standard InChI is InChI=1S/C7H7F3N2O3/c1-12-3(5(13)14)2-4(7(8,9)10)11-6(12)15/h2-3H,1H3,(H,11,15)(H,13,14). The number of hydrogen-bond donors (Lipinski definition) is 2. The van der Waals surface area contributed by atoms with Crippen molar-refractivity contribution in [2.75, 3.05) is 7.05 Å². The van der Waals surface area contributed by atoms with Gasteiger partial charge in [-0.1, -0.05) is 0 Å². The summed E-state index contributed by atoms with van der Waals surface area (Å²) in [5.74, 6) is -1.52. The zero-order valence-corrected chi connectivity index (χ0v) is 7.50. The van der Waals surface area contributed by atoms with Crippen LogP contribution in [0.3, 0.4) is 0 Å². The van der Waals surface area contributed by atoms with Gasteiger partial charge in [0.2, 0.25) is 0 Å². The lowest BCUT2D eigenvalue weighted by atomic mass is 10.2. The molecular weight excluding hydrogens is 217 g/mol. The number of amides is 2. The van der Waals surface area contributed by atoms with Gasteiger partial charge >= 0.3 is 18.2 Å². The number of carboxylic acids is 1. The third kappa shape index (κ3) is 2.20. The Kier molecular flexibility index (Phi) is 2.61. The van der Waals surface area contributed by atoms with E-state index < -0.39 is 29.9 Å². The van der Waals surface area contributed by atoms with Gasteiger partial charge in [0.05, 0.1) is 0 Å². The molecule has 5 nitrogen and oxygen atoms in total. The van der Waals surface area contributed by atoms with Crippen molar-refractivity contribution in [1.82, 2.24) is 10.2 Å². The molecule has 1 aliphatic rings. The molecule has 0 spiro atoms. The first kappa shape index (κ1) is 11.3. The molecule has 0 saturated heterocycles. The van der Waals surface area contributed by atoms with Gasteiger partial charge in [-0.05, 0) is 6.08 Å². The van der Waals surface area contributed by atoms with E-state index in [-0.39, 0.29) is 0 Å². The van der Waals surface area contributed by atoms with Gasteiger partial charge in [0, 0.05) is 7.05 Å². The third-order valence-corrected chi connectivity index (χ3v) is 1.86. The van der Waals surface area contributed by atoms with Crippen LogP contribution in [0.1, 0.15) is 0 Å². The molecule has 2 N–H and O–H groups in total. The number of carbonyl (C=O) groups excluding carboxylic acids is 1. The lowest BCUT2D eigenvalue weighted by Gasteiger charge is -2.29. The Morgan fingerprint density at radius 1 is 1.60 bits per heavy atom. The molecule has 0 aromatic heterocycles. The van der Waals surface area contributed by atoms with Crippen LogP contribution >= 0.6 is 0 Å². The second-order valence-electron chi connectivity index (χ2n) is 2.90. The number of urea groups is 1. The van der Waals surface area contributed by atoms with Crippen molar-refractivity contribution < 1.29 is 27.9 Å². The molecule has 0 fully saturated rings. The fourth-order valence-corrected chi connectivity index (χ4v) is 1.04. The number of aliphatic carboxylic acids is 1. The van der Waals surface area contributed by atoms with E-state index in [1.54, 1.807) is 5.32 Å². The number of alkyl halides is 3. The van der Waals surface area contributed by atoms with Crippen molar-refractivity contribution in [3.63, 3.8) is 0 Å². The summed E-state index contributed by atoms with van der Waals surface area (Å²) in [4.78, 5) is 22.2. The average Bonchev–Trinajstić information content (AvgIpc) is 2.06. The van der Waals surface area contributed by atoms with Gasteiger partial charge in [0.1, 0.15) is 5.70 Å². The molecule has 1 atom stereocenters. The van der Waals surface area contributed by atoms with E-state index in [2.05, 4.69) is 0 Å². The van der Waals surface area contributed by atoms with E-state index in [9.17, 15) is 22.8 Å². The summed E-state index contributed by atoms with van der Waals surface area (Å²) in [6.07, 6.45) is -4.31. The minimum Gasteiger partial charge on any atom is -0.479 e. The summed E-state index contributed by atoms with van der Waals surface area (Å²) in [6, 6.07) is -2.70. The Morgan fingerprint density at radius 2 is 2.13 bits per heavy atom. The first-order valence-electron chi connectivity index (χ1n) is 3.79. The molecule has 0 saturated carbocycles. The molecule has 1 aliphatic heterocycles. The minimum atomic E-state index is -4.76. The van der Waals surface area contributed by atoms with Gasteiger partial charge in [0.15, 0.2) is 6.04 Å². The molecule has 15 heavy (non-hydrogen) atoms. The summed E-state index contributed by atoms with van der Waals surface area (Å²) in [7, 11) is 1.10. The monoisotopic (exact) mass is 224 g/mol. The fourth-order valence-electron chi connectivity index (χ4n) is 1.04. The Bertz CT molecular complexity index is 337. The molecule has 1 heterocycles. The van der Waals surface area contributed by atoms with Crippen LogP contribution in [0, 0.1) is 0 Å². The predicted octanol–water partition coefficient (Wildman–Crippen LogP) is 0.541. The maximum Gasteiger partial charge on any atom is 0.431 e. The Hall–Kier alpha value is -1.73. The molecule has 84 valence electrons. The highest BCUT2D eigenvalue weighted by atomic mass is 19.4. The normalized spacial score (nSPS) is 22.1. The van der Waals surface area contributed by atoms with Crippen LogP contribution in [0.4, 0.5) is 18.0 Å². The fraction of sp³-hybridized carbons (Fsp3) is 0.429. The summed E-state index contributed by atoms with van der Waals surface area (Å²) >= 11 is 0. The highest BCUT2D eigenvalue weighted by molar-refractivity contribution is 5.87. The molecule has 2 amide bonds. The number of hydrogen-bond acceptors (Lipinski definition) is 2. The van der Waals surface area contributed by atoms with Crippen LogP contribution in [0.2, 0.25) is 0 Å². The number of allylic oxidation sites excluding steroid dienone is 1. The van der Waals surface area contributed by atoms with Gasteiger partial charge < -0.3 is 15.3 Å². The molecule has 0 aromatic rings. The zero-order chi connectivity index (χ0) is 11.8. The summed E-state index contributed by atoms with van der Waals surface area (Å²) in [5.41, 5.74) is -1.35. The number of rotatable bonds is 1. The molecular formula is C7H7F3N2O3. The number of nitrogens with one attached hydrogen (secondary N) is 1. The summed E-state index contributed by atoms with van der Waals surface area (Å²) in [6.45, 7) is 0. The predicted molar refractivity (Wildman–Crippen MR) is 41.9 cm³/mol.